The van der Waals surface area contributed by atoms with Gasteiger partial charge in [-0.1, -0.05) is 35.9 Å². The lowest BCUT2D eigenvalue weighted by atomic mass is 10.00. The second-order valence-electron chi connectivity index (χ2n) is 9.31. The summed E-state index contributed by atoms with van der Waals surface area (Å²) in [5, 5.41) is 0. The van der Waals surface area contributed by atoms with Gasteiger partial charge in [-0.3, -0.25) is 9.09 Å². The number of ether oxygens (including phenoxy) is 3. The topological polar surface area (TPSA) is 94.6 Å². The zero-order valence-corrected chi connectivity index (χ0v) is 22.8. The molecule has 0 N–H and O–H groups in total. The smallest absolute Gasteiger partial charge is 0.347 e. The summed E-state index contributed by atoms with van der Waals surface area (Å²) in [6, 6.07) is 12.4. The number of benzene rings is 2. The first-order valence-electron chi connectivity index (χ1n) is 11.7. The summed E-state index contributed by atoms with van der Waals surface area (Å²) in [5.74, 6) is -1.02. The quantitative estimate of drug-likeness (QED) is 0.355. The lowest BCUT2D eigenvalue weighted by Crippen LogP contribution is -2.32. The molecule has 0 bridgehead atoms. The van der Waals surface area contributed by atoms with Gasteiger partial charge < -0.3 is 14.2 Å². The summed E-state index contributed by atoms with van der Waals surface area (Å²) >= 11 is 0. The van der Waals surface area contributed by atoms with E-state index in [1.807, 2.05) is 32.9 Å². The molecule has 0 saturated carbocycles. The maximum atomic E-state index is 13.4. The largest absolute Gasteiger partial charge is 0.459 e. The second-order valence-corrected chi connectivity index (χ2v) is 12.1. The molecule has 3 rings (SSSR count). The maximum absolute atomic E-state index is 13.4. The standard InChI is InChI=1S/C26H35N2O7P/c1-17-13-18(2)24(19(3)14-17)26(30)34-21-15-23(35-36(31,27(4)5)28(6)7)33-22(21)16-32-25(29)20-11-9-8-10-12-20/h8-14,21-23H,15-16H2,1-7H3/t21-,22+,23+/m0/s1. The Morgan fingerprint density at radius 2 is 1.56 bits per heavy atom. The number of nitrogens with zero attached hydrogens (tertiary/aromatic N) is 2. The highest BCUT2D eigenvalue weighted by molar-refractivity contribution is 7.53. The molecule has 2 aromatic carbocycles. The van der Waals surface area contributed by atoms with Crippen LogP contribution in [0.1, 0.15) is 43.8 Å². The lowest BCUT2D eigenvalue weighted by molar-refractivity contribution is -0.101. The van der Waals surface area contributed by atoms with Gasteiger partial charge in [0, 0.05) is 6.42 Å². The molecular weight excluding hydrogens is 483 g/mol. The first-order valence-corrected chi connectivity index (χ1v) is 13.3. The van der Waals surface area contributed by atoms with Gasteiger partial charge in [-0.25, -0.2) is 18.9 Å². The van der Waals surface area contributed by atoms with Crippen LogP contribution in [0.5, 0.6) is 0 Å². The third-order valence-electron chi connectivity index (χ3n) is 5.96. The van der Waals surface area contributed by atoms with Crippen LogP contribution >= 0.6 is 7.67 Å². The van der Waals surface area contributed by atoms with E-state index in [0.29, 0.717) is 11.1 Å². The fourth-order valence-electron chi connectivity index (χ4n) is 4.23. The Labute approximate surface area is 212 Å². The predicted molar refractivity (Wildman–Crippen MR) is 136 cm³/mol. The zero-order chi connectivity index (χ0) is 26.6. The molecule has 2 aromatic rings. The van der Waals surface area contributed by atoms with Crippen molar-refractivity contribution in [1.82, 2.24) is 9.34 Å². The van der Waals surface area contributed by atoms with Crippen molar-refractivity contribution in [3.05, 3.63) is 70.3 Å². The van der Waals surface area contributed by atoms with Crippen LogP contribution in [0.2, 0.25) is 0 Å². The molecule has 10 heteroatoms. The highest BCUT2D eigenvalue weighted by atomic mass is 31.2. The predicted octanol–water partition coefficient (Wildman–Crippen LogP) is 4.36. The van der Waals surface area contributed by atoms with Crippen molar-refractivity contribution < 1.29 is 32.9 Å². The van der Waals surface area contributed by atoms with Crippen molar-refractivity contribution in [2.45, 2.75) is 45.7 Å². The molecule has 9 nitrogen and oxygen atoms in total. The van der Waals surface area contributed by atoms with E-state index in [9.17, 15) is 14.2 Å². The molecule has 0 radical (unpaired) electrons. The Hall–Kier alpha value is -2.55. The molecule has 196 valence electrons. The number of carbonyl (C=O) groups excluding carboxylic acids is 2. The van der Waals surface area contributed by atoms with Crippen molar-refractivity contribution in [3.8, 4) is 0 Å². The number of rotatable bonds is 9. The maximum Gasteiger partial charge on any atom is 0.347 e. The van der Waals surface area contributed by atoms with Crippen molar-refractivity contribution >= 4 is 19.6 Å². The van der Waals surface area contributed by atoms with Gasteiger partial charge in [-0.15, -0.1) is 0 Å². The van der Waals surface area contributed by atoms with Gasteiger partial charge in [0.2, 0.25) is 0 Å². The minimum Gasteiger partial charge on any atom is -0.459 e. The molecular formula is C26H35N2O7P. The minimum absolute atomic E-state index is 0.134. The van der Waals surface area contributed by atoms with Crippen molar-refractivity contribution in [3.63, 3.8) is 0 Å². The normalized spacial score (nSPS) is 20.1. The summed E-state index contributed by atoms with van der Waals surface area (Å²) in [6.45, 7) is 5.52. The van der Waals surface area contributed by atoms with Gasteiger partial charge in [-0.05, 0) is 72.2 Å². The Morgan fingerprint density at radius 3 is 2.11 bits per heavy atom. The molecule has 36 heavy (non-hydrogen) atoms. The average Bonchev–Trinajstić information content (AvgIpc) is 3.17. The van der Waals surface area contributed by atoms with Crippen LogP contribution in [0.15, 0.2) is 42.5 Å². The summed E-state index contributed by atoms with van der Waals surface area (Å²) in [5.41, 5.74) is 3.54. The molecule has 1 aliphatic heterocycles. The number of aryl methyl sites for hydroxylation is 3. The Kier molecular flexibility index (Phi) is 9.08. The highest BCUT2D eigenvalue weighted by Gasteiger charge is 2.44. The monoisotopic (exact) mass is 518 g/mol. The molecule has 0 aromatic heterocycles. The van der Waals surface area contributed by atoms with Gasteiger partial charge in [-0.2, -0.15) is 0 Å². The van der Waals surface area contributed by atoms with Crippen molar-refractivity contribution in [2.75, 3.05) is 34.8 Å². The molecule has 0 amide bonds. The number of carbonyl (C=O) groups is 2. The van der Waals surface area contributed by atoms with Gasteiger partial charge in [0.25, 0.3) is 0 Å². The van der Waals surface area contributed by atoms with E-state index < -0.39 is 38.1 Å². The Morgan fingerprint density at radius 1 is 0.972 bits per heavy atom. The summed E-state index contributed by atoms with van der Waals surface area (Å²) in [4.78, 5) is 25.7. The summed E-state index contributed by atoms with van der Waals surface area (Å²) in [7, 11) is 3.22. The van der Waals surface area contributed by atoms with Gasteiger partial charge in [0.15, 0.2) is 6.29 Å². The van der Waals surface area contributed by atoms with Crippen LogP contribution in [-0.2, 0) is 23.3 Å². The fourth-order valence-corrected chi connectivity index (χ4v) is 5.77. The van der Waals surface area contributed by atoms with Crippen molar-refractivity contribution in [2.24, 2.45) is 0 Å². The molecule has 1 aliphatic rings. The zero-order valence-electron chi connectivity index (χ0n) is 21.9. The van der Waals surface area contributed by atoms with E-state index in [1.165, 1.54) is 9.34 Å². The van der Waals surface area contributed by atoms with Crippen molar-refractivity contribution in [1.29, 1.82) is 0 Å². The Bertz CT molecular complexity index is 1100. The summed E-state index contributed by atoms with van der Waals surface area (Å²) < 4.78 is 39.5. The first-order chi connectivity index (χ1) is 16.9. The third kappa shape index (κ3) is 6.41. The third-order valence-corrected chi connectivity index (χ3v) is 8.49. The summed E-state index contributed by atoms with van der Waals surface area (Å²) in [6.07, 6.45) is -2.37. The van der Waals surface area contributed by atoms with E-state index >= 15 is 0 Å². The van der Waals surface area contributed by atoms with E-state index in [4.69, 9.17) is 18.7 Å². The molecule has 0 unspecified atom stereocenters. The van der Waals surface area contributed by atoms with Crippen LogP contribution in [0.4, 0.5) is 0 Å². The fraction of sp³-hybridized carbons (Fsp3) is 0.462. The Balaban J connectivity index is 1.79. The van der Waals surface area contributed by atoms with E-state index in [1.54, 1.807) is 58.5 Å². The van der Waals surface area contributed by atoms with Crippen LogP contribution in [-0.4, -0.2) is 74.6 Å². The van der Waals surface area contributed by atoms with Crippen LogP contribution in [0.25, 0.3) is 0 Å². The highest BCUT2D eigenvalue weighted by Crippen LogP contribution is 2.53. The average molecular weight is 519 g/mol. The first kappa shape index (κ1) is 28.0. The van der Waals surface area contributed by atoms with Gasteiger partial charge in [0.05, 0.1) is 11.1 Å². The molecule has 0 spiro atoms. The number of hydrogen-bond acceptors (Lipinski definition) is 7. The molecule has 1 heterocycles. The molecule has 1 fully saturated rings. The molecule has 0 aliphatic carbocycles. The van der Waals surface area contributed by atoms with Gasteiger partial charge in [0.1, 0.15) is 18.8 Å². The SMILES string of the molecule is Cc1cc(C)c(C(=O)O[C@H]2C[C@@H](OP(=O)(N(C)C)N(C)C)O[C@@H]2COC(=O)c2ccccc2)c(C)c1. The number of hydrogen-bond donors (Lipinski definition) is 0. The lowest BCUT2D eigenvalue weighted by Gasteiger charge is -2.31. The van der Waals surface area contributed by atoms with Gasteiger partial charge >= 0.3 is 19.6 Å². The van der Waals surface area contributed by atoms with E-state index in [2.05, 4.69) is 0 Å². The number of esters is 2. The van der Waals surface area contributed by atoms with Crippen LogP contribution in [0, 0.1) is 20.8 Å². The molecule has 1 saturated heterocycles. The second kappa shape index (κ2) is 11.7. The van der Waals surface area contributed by atoms with E-state index in [0.717, 1.165) is 16.7 Å². The minimum atomic E-state index is -3.37. The molecule has 3 atom stereocenters. The van der Waals surface area contributed by atoms with Crippen LogP contribution < -0.4 is 0 Å². The van der Waals surface area contributed by atoms with Crippen LogP contribution in [0.3, 0.4) is 0 Å². The van der Waals surface area contributed by atoms with E-state index in [-0.39, 0.29) is 13.0 Å².